The van der Waals surface area contributed by atoms with Crippen molar-refractivity contribution in [2.24, 2.45) is 0 Å². The van der Waals surface area contributed by atoms with Gasteiger partial charge in [-0.2, -0.15) is 0 Å². The van der Waals surface area contributed by atoms with E-state index in [1.807, 2.05) is 0 Å². The number of phenols is 5. The molecule has 1 aromatic heterocycles. The lowest BCUT2D eigenvalue weighted by atomic mass is 9.98. The van der Waals surface area contributed by atoms with Gasteiger partial charge < -0.3 is 75.1 Å². The van der Waals surface area contributed by atoms with Gasteiger partial charge in [-0.25, -0.2) is 4.42 Å². The van der Waals surface area contributed by atoms with E-state index >= 15 is 0 Å². The zero-order chi connectivity index (χ0) is 31.3. The number of ether oxygens (including phenoxy) is 4. The Morgan fingerprint density at radius 3 is 2.07 bits per heavy atom. The molecule has 43 heavy (non-hydrogen) atoms. The third kappa shape index (κ3) is 5.67. The molecule has 0 saturated carbocycles. The fraction of sp³-hybridized carbons (Fsp3) is 0.444. The Morgan fingerprint density at radius 1 is 0.698 bits per heavy atom. The van der Waals surface area contributed by atoms with Gasteiger partial charge in [-0.3, -0.25) is 0 Å². The van der Waals surface area contributed by atoms with E-state index in [1.165, 1.54) is 13.0 Å². The summed E-state index contributed by atoms with van der Waals surface area (Å²) >= 11 is 0. The van der Waals surface area contributed by atoms with Gasteiger partial charge in [0, 0.05) is 12.1 Å². The monoisotopic (exact) mass is 611 g/mol. The number of rotatable bonds is 6. The number of benzene rings is 2. The number of aliphatic hydroxyl groups is 6. The van der Waals surface area contributed by atoms with E-state index in [2.05, 4.69) is 0 Å². The zero-order valence-electron chi connectivity index (χ0n) is 22.3. The first-order valence-electron chi connectivity index (χ1n) is 13.0. The Labute approximate surface area is 242 Å². The molecule has 3 heterocycles. The van der Waals surface area contributed by atoms with Gasteiger partial charge >= 0.3 is 11.3 Å². The molecular weight excluding hydrogens is 580 g/mol. The maximum Gasteiger partial charge on any atom is 0.402 e. The lowest BCUT2D eigenvalue weighted by molar-refractivity contribution is -0.318. The second kappa shape index (κ2) is 11.8. The molecule has 3 aromatic rings. The van der Waals surface area contributed by atoms with Gasteiger partial charge in [-0.05, 0) is 19.1 Å². The summed E-state index contributed by atoms with van der Waals surface area (Å²) in [5.74, 6) is -3.84. The Balaban J connectivity index is 1.46. The summed E-state index contributed by atoms with van der Waals surface area (Å²) < 4.78 is 28.1. The SMILES string of the molecule is C[C@@H]1O[C@@H](OC[C@H]2OC(Oc3cc4c(O)c(O)c(O)cc4[o+]c3-c3ccc(O)c(O)c3)[C@H](O)[C@@H](O)[C@@H]2O)[C@H](O)[C@H](O)[C@H]1O. The predicted molar refractivity (Wildman–Crippen MR) is 140 cm³/mol. The molecule has 0 bridgehead atoms. The van der Waals surface area contributed by atoms with Crippen molar-refractivity contribution in [3.8, 4) is 45.8 Å². The minimum absolute atomic E-state index is 0.100. The van der Waals surface area contributed by atoms with Crippen LogP contribution in [0.4, 0.5) is 0 Å². The number of hydrogen-bond acceptors (Lipinski definition) is 15. The highest BCUT2D eigenvalue weighted by Crippen LogP contribution is 2.46. The van der Waals surface area contributed by atoms with Gasteiger partial charge in [0.05, 0.1) is 24.3 Å². The van der Waals surface area contributed by atoms with Crippen LogP contribution in [0.1, 0.15) is 6.92 Å². The average molecular weight is 612 g/mol. The summed E-state index contributed by atoms with van der Waals surface area (Å²) in [5, 5.41) is 112. The van der Waals surface area contributed by atoms with Crippen LogP contribution < -0.4 is 4.74 Å². The van der Waals surface area contributed by atoms with Crippen LogP contribution in [0.25, 0.3) is 22.3 Å². The lowest BCUT2D eigenvalue weighted by Crippen LogP contribution is -2.61. The summed E-state index contributed by atoms with van der Waals surface area (Å²) in [7, 11) is 0. The molecule has 1 unspecified atom stereocenters. The Kier molecular flexibility index (Phi) is 8.41. The molecule has 16 heteroatoms. The van der Waals surface area contributed by atoms with Gasteiger partial charge in [-0.15, -0.1) is 0 Å². The van der Waals surface area contributed by atoms with Crippen LogP contribution in [0, 0.1) is 0 Å². The van der Waals surface area contributed by atoms with Crippen molar-refractivity contribution in [1.29, 1.82) is 0 Å². The Morgan fingerprint density at radius 2 is 1.37 bits per heavy atom. The van der Waals surface area contributed by atoms with Crippen LogP contribution in [0.5, 0.6) is 34.5 Å². The molecule has 2 aliphatic rings. The molecule has 0 aliphatic carbocycles. The maximum atomic E-state index is 10.7. The lowest BCUT2D eigenvalue weighted by Gasteiger charge is -2.42. The number of aliphatic hydroxyl groups excluding tert-OH is 6. The van der Waals surface area contributed by atoms with Crippen LogP contribution in [-0.2, 0) is 14.2 Å². The number of hydrogen-bond donors (Lipinski definition) is 11. The molecule has 2 aliphatic heterocycles. The van der Waals surface area contributed by atoms with Crippen molar-refractivity contribution in [3.63, 3.8) is 0 Å². The van der Waals surface area contributed by atoms with E-state index in [1.54, 1.807) is 0 Å². The first kappa shape index (κ1) is 30.7. The van der Waals surface area contributed by atoms with Crippen LogP contribution in [-0.4, -0.2) is 124 Å². The zero-order valence-corrected chi connectivity index (χ0v) is 22.3. The third-order valence-electron chi connectivity index (χ3n) is 7.35. The summed E-state index contributed by atoms with van der Waals surface area (Å²) in [6.07, 6.45) is -15.6. The van der Waals surface area contributed by atoms with E-state index in [-0.39, 0.29) is 28.0 Å². The number of aromatic hydroxyl groups is 5. The predicted octanol–water partition coefficient (Wildman–Crippen LogP) is -1.06. The second-order valence-electron chi connectivity index (χ2n) is 10.3. The molecule has 11 N–H and O–H groups in total. The average Bonchev–Trinajstić information content (AvgIpc) is 2.98. The summed E-state index contributed by atoms with van der Waals surface area (Å²) in [6.45, 7) is 0.877. The second-order valence-corrected chi connectivity index (χ2v) is 10.3. The largest absolute Gasteiger partial charge is 0.504 e. The minimum Gasteiger partial charge on any atom is -0.504 e. The summed E-state index contributed by atoms with van der Waals surface area (Å²) in [5.41, 5.74) is -0.0505. The highest BCUT2D eigenvalue weighted by Gasteiger charge is 2.48. The molecule has 5 rings (SSSR count). The third-order valence-corrected chi connectivity index (χ3v) is 7.35. The van der Waals surface area contributed by atoms with E-state index in [0.29, 0.717) is 0 Å². The van der Waals surface area contributed by atoms with Crippen molar-refractivity contribution >= 4 is 11.0 Å². The molecule has 0 spiro atoms. The molecule has 16 nitrogen and oxygen atoms in total. The maximum absolute atomic E-state index is 10.7. The molecule has 10 atom stereocenters. The molecule has 234 valence electrons. The van der Waals surface area contributed by atoms with Crippen LogP contribution in [0.3, 0.4) is 0 Å². The van der Waals surface area contributed by atoms with Gasteiger partial charge in [0.15, 0.2) is 29.3 Å². The molecule has 2 fully saturated rings. The van der Waals surface area contributed by atoms with Crippen LogP contribution in [0.2, 0.25) is 0 Å². The molecule has 2 aromatic carbocycles. The standard InChI is InChI=1S/C27H30O16/c1-8-17(31)21(35)23(37)26(40-8)39-7-16-20(34)22(36)24(38)27(43-16)42-15-5-10-14(6-13(30)19(33)18(10)32)41-25(15)9-2-3-11(28)12(29)4-9/h2-6,8,16-17,20-24,26-27,31,34-38H,7H2,1H3,(H4-,28,29,30,32,33)/p+1/t8-,16+,17-,20+,21+,22-,23+,24+,26+,27?/m0/s1. The van der Waals surface area contributed by atoms with Gasteiger partial charge in [0.2, 0.25) is 17.8 Å². The van der Waals surface area contributed by atoms with E-state index < -0.39 is 96.8 Å². The van der Waals surface area contributed by atoms with E-state index in [0.717, 1.165) is 24.3 Å². The normalized spacial score (nSPS) is 33.0. The van der Waals surface area contributed by atoms with Crippen molar-refractivity contribution in [2.45, 2.75) is 68.3 Å². The molecule has 0 amide bonds. The van der Waals surface area contributed by atoms with Crippen molar-refractivity contribution in [3.05, 3.63) is 30.3 Å². The van der Waals surface area contributed by atoms with Crippen molar-refractivity contribution in [1.82, 2.24) is 0 Å². The van der Waals surface area contributed by atoms with Crippen LogP contribution >= 0.6 is 0 Å². The van der Waals surface area contributed by atoms with Crippen LogP contribution in [0.15, 0.2) is 34.7 Å². The Bertz CT molecular complexity index is 1480. The Hall–Kier alpha value is -3.71. The fourth-order valence-electron chi connectivity index (χ4n) is 4.79. The fourth-order valence-corrected chi connectivity index (χ4v) is 4.79. The quantitative estimate of drug-likeness (QED) is 0.117. The highest BCUT2D eigenvalue weighted by molar-refractivity contribution is 5.91. The van der Waals surface area contributed by atoms with E-state index in [4.69, 9.17) is 23.4 Å². The summed E-state index contributed by atoms with van der Waals surface area (Å²) in [4.78, 5) is 0. The van der Waals surface area contributed by atoms with Gasteiger partial charge in [0.1, 0.15) is 48.1 Å². The van der Waals surface area contributed by atoms with Gasteiger partial charge in [-0.1, -0.05) is 0 Å². The molecule has 2 saturated heterocycles. The van der Waals surface area contributed by atoms with Crippen molar-refractivity contribution < 1.29 is 79.5 Å². The van der Waals surface area contributed by atoms with Crippen molar-refractivity contribution in [2.75, 3.05) is 6.61 Å². The minimum atomic E-state index is -1.88. The first-order chi connectivity index (χ1) is 20.3. The van der Waals surface area contributed by atoms with E-state index in [9.17, 15) is 56.2 Å². The number of phenolic OH excluding ortho intramolecular Hbond substituents is 5. The number of fused-ring (bicyclic) bond motifs is 1. The van der Waals surface area contributed by atoms with Gasteiger partial charge in [0.25, 0.3) is 0 Å². The first-order valence-corrected chi connectivity index (χ1v) is 13.0. The molecular formula is C27H31O16+. The topological polar surface area (TPSA) is 271 Å². The molecule has 0 radical (unpaired) electrons. The summed E-state index contributed by atoms with van der Waals surface area (Å²) in [6, 6.07) is 5.70. The highest BCUT2D eigenvalue weighted by atomic mass is 16.7. The smallest absolute Gasteiger partial charge is 0.402 e.